The van der Waals surface area contributed by atoms with Gasteiger partial charge in [-0.05, 0) is 26.7 Å². The molecule has 1 aliphatic heterocycles. The van der Waals surface area contributed by atoms with Crippen LogP contribution in [0.3, 0.4) is 0 Å². The molecule has 0 radical (unpaired) electrons. The van der Waals surface area contributed by atoms with Gasteiger partial charge in [-0.15, -0.1) is 0 Å². The first kappa shape index (κ1) is 12.0. The van der Waals surface area contributed by atoms with Gasteiger partial charge in [0, 0.05) is 13.1 Å². The largest absolute Gasteiger partial charge is 0.480 e. The first-order valence-electron chi connectivity index (χ1n) is 5.49. The number of carbonyl (C=O) groups is 2. The average Bonchev–Trinajstić information content (AvgIpc) is 2.44. The van der Waals surface area contributed by atoms with E-state index in [1.54, 1.807) is 4.90 Å². The monoisotopic (exact) mass is 213 g/mol. The number of aliphatic carboxylic acids is 1. The minimum Gasteiger partial charge on any atom is -0.480 e. The number of rotatable bonds is 2. The number of nitrogens with zero attached hydrogens (tertiary/aromatic N) is 1. The van der Waals surface area contributed by atoms with Gasteiger partial charge in [-0.3, -0.25) is 9.59 Å². The van der Waals surface area contributed by atoms with E-state index in [1.165, 1.54) is 13.8 Å². The summed E-state index contributed by atoms with van der Waals surface area (Å²) in [5, 5.41) is 8.97. The fraction of sp³-hybridized carbons (Fsp3) is 0.818. The van der Waals surface area contributed by atoms with Gasteiger partial charge in [0.05, 0.1) is 0 Å². The van der Waals surface area contributed by atoms with Gasteiger partial charge < -0.3 is 10.0 Å². The predicted octanol–water partition coefficient (Wildman–Crippen LogP) is 1.50. The second-order valence-corrected chi connectivity index (χ2v) is 4.64. The minimum absolute atomic E-state index is 0.253. The quantitative estimate of drug-likeness (QED) is 0.707. The van der Waals surface area contributed by atoms with Crippen molar-refractivity contribution in [3.63, 3.8) is 0 Å². The third kappa shape index (κ3) is 2.70. The van der Waals surface area contributed by atoms with Gasteiger partial charge in [0.25, 0.3) is 0 Å². The Balaban J connectivity index is 2.69. The van der Waals surface area contributed by atoms with Crippen LogP contribution >= 0.6 is 0 Å². The SMILES string of the molecule is CC(C)(C(=O)O)C(=O)N1CCCCCC1. The lowest BCUT2D eigenvalue weighted by Crippen LogP contribution is -2.45. The Morgan fingerprint density at radius 1 is 1.07 bits per heavy atom. The summed E-state index contributed by atoms with van der Waals surface area (Å²) in [4.78, 5) is 24.6. The number of carboxylic acid groups (broad SMARTS) is 1. The van der Waals surface area contributed by atoms with E-state index in [0.717, 1.165) is 25.7 Å². The minimum atomic E-state index is -1.29. The van der Waals surface area contributed by atoms with Crippen molar-refractivity contribution in [3.05, 3.63) is 0 Å². The Labute approximate surface area is 90.3 Å². The highest BCUT2D eigenvalue weighted by Gasteiger charge is 2.39. The van der Waals surface area contributed by atoms with E-state index < -0.39 is 11.4 Å². The summed E-state index contributed by atoms with van der Waals surface area (Å²) in [6.45, 7) is 4.36. The third-order valence-electron chi connectivity index (χ3n) is 2.96. The molecule has 1 saturated heterocycles. The number of hydrogen-bond donors (Lipinski definition) is 1. The maximum absolute atomic E-state index is 12.0. The zero-order valence-electron chi connectivity index (χ0n) is 9.45. The normalized spacial score (nSPS) is 18.4. The topological polar surface area (TPSA) is 57.6 Å². The molecule has 15 heavy (non-hydrogen) atoms. The van der Waals surface area contributed by atoms with E-state index in [2.05, 4.69) is 0 Å². The first-order valence-corrected chi connectivity index (χ1v) is 5.49. The lowest BCUT2D eigenvalue weighted by atomic mass is 9.92. The summed E-state index contributed by atoms with van der Waals surface area (Å²) in [5.41, 5.74) is -1.29. The number of likely N-dealkylation sites (tertiary alicyclic amines) is 1. The van der Waals surface area contributed by atoms with E-state index in [1.807, 2.05) is 0 Å². The number of carboxylic acids is 1. The summed E-state index contributed by atoms with van der Waals surface area (Å²) in [5.74, 6) is -1.30. The van der Waals surface area contributed by atoms with Crippen molar-refractivity contribution in [2.24, 2.45) is 5.41 Å². The molecule has 1 N–H and O–H groups in total. The molecule has 1 fully saturated rings. The molecular weight excluding hydrogens is 194 g/mol. The smallest absolute Gasteiger partial charge is 0.318 e. The first-order chi connectivity index (χ1) is 6.96. The van der Waals surface area contributed by atoms with Crippen LogP contribution in [0.15, 0.2) is 0 Å². The Morgan fingerprint density at radius 2 is 1.53 bits per heavy atom. The Morgan fingerprint density at radius 3 is 1.93 bits per heavy atom. The van der Waals surface area contributed by atoms with Crippen molar-refractivity contribution in [3.8, 4) is 0 Å². The van der Waals surface area contributed by atoms with Gasteiger partial charge in [-0.2, -0.15) is 0 Å². The van der Waals surface area contributed by atoms with Gasteiger partial charge in [0.15, 0.2) is 0 Å². The second-order valence-electron chi connectivity index (χ2n) is 4.64. The Bertz CT molecular complexity index is 253. The fourth-order valence-corrected chi connectivity index (χ4v) is 1.76. The van der Waals surface area contributed by atoms with Gasteiger partial charge >= 0.3 is 5.97 Å². The van der Waals surface area contributed by atoms with Crippen molar-refractivity contribution in [1.29, 1.82) is 0 Å². The molecule has 0 unspecified atom stereocenters. The van der Waals surface area contributed by atoms with Gasteiger partial charge in [0.1, 0.15) is 5.41 Å². The lowest BCUT2D eigenvalue weighted by molar-refractivity contribution is -0.158. The summed E-state index contributed by atoms with van der Waals surface area (Å²) < 4.78 is 0. The molecule has 0 aromatic rings. The molecule has 4 heteroatoms. The summed E-state index contributed by atoms with van der Waals surface area (Å²) in [6.07, 6.45) is 4.25. The van der Waals surface area contributed by atoms with Crippen LogP contribution in [0, 0.1) is 5.41 Å². The van der Waals surface area contributed by atoms with Crippen molar-refractivity contribution in [1.82, 2.24) is 4.90 Å². The maximum Gasteiger partial charge on any atom is 0.318 e. The molecule has 1 aliphatic rings. The number of carbonyl (C=O) groups excluding carboxylic acids is 1. The molecular formula is C11H19NO3. The molecule has 1 amide bonds. The summed E-state index contributed by atoms with van der Waals surface area (Å²) >= 11 is 0. The molecule has 0 saturated carbocycles. The molecule has 0 aliphatic carbocycles. The fourth-order valence-electron chi connectivity index (χ4n) is 1.76. The second kappa shape index (κ2) is 4.64. The number of hydrogen-bond acceptors (Lipinski definition) is 2. The Kier molecular flexibility index (Phi) is 3.72. The van der Waals surface area contributed by atoms with Crippen LogP contribution in [0.2, 0.25) is 0 Å². The van der Waals surface area contributed by atoms with Crippen LogP contribution in [0.5, 0.6) is 0 Å². The molecule has 1 heterocycles. The Hall–Kier alpha value is -1.06. The highest BCUT2D eigenvalue weighted by atomic mass is 16.4. The molecule has 0 atom stereocenters. The number of amides is 1. The molecule has 0 spiro atoms. The predicted molar refractivity (Wildman–Crippen MR) is 56.5 cm³/mol. The molecule has 0 bridgehead atoms. The van der Waals surface area contributed by atoms with Crippen molar-refractivity contribution in [2.45, 2.75) is 39.5 Å². The lowest BCUT2D eigenvalue weighted by Gasteiger charge is -2.28. The molecule has 1 rings (SSSR count). The summed E-state index contributed by atoms with van der Waals surface area (Å²) in [6, 6.07) is 0. The summed E-state index contributed by atoms with van der Waals surface area (Å²) in [7, 11) is 0. The van der Waals surface area contributed by atoms with Gasteiger partial charge in [-0.1, -0.05) is 12.8 Å². The van der Waals surface area contributed by atoms with Gasteiger partial charge in [-0.25, -0.2) is 0 Å². The van der Waals surface area contributed by atoms with Crippen LogP contribution in [-0.4, -0.2) is 35.0 Å². The van der Waals surface area contributed by atoms with Crippen molar-refractivity contribution >= 4 is 11.9 Å². The van der Waals surface area contributed by atoms with Crippen LogP contribution in [0.25, 0.3) is 0 Å². The van der Waals surface area contributed by atoms with E-state index >= 15 is 0 Å². The van der Waals surface area contributed by atoms with Gasteiger partial charge in [0.2, 0.25) is 5.91 Å². The molecule has 0 aromatic carbocycles. The maximum atomic E-state index is 12.0. The van der Waals surface area contributed by atoms with E-state index in [9.17, 15) is 9.59 Å². The molecule has 0 aromatic heterocycles. The highest BCUT2D eigenvalue weighted by molar-refractivity contribution is 6.00. The highest BCUT2D eigenvalue weighted by Crippen LogP contribution is 2.21. The third-order valence-corrected chi connectivity index (χ3v) is 2.96. The average molecular weight is 213 g/mol. The van der Waals surface area contributed by atoms with Crippen LogP contribution in [0.4, 0.5) is 0 Å². The van der Waals surface area contributed by atoms with Crippen LogP contribution in [-0.2, 0) is 9.59 Å². The van der Waals surface area contributed by atoms with E-state index in [4.69, 9.17) is 5.11 Å². The van der Waals surface area contributed by atoms with E-state index in [-0.39, 0.29) is 5.91 Å². The van der Waals surface area contributed by atoms with Crippen LogP contribution in [0.1, 0.15) is 39.5 Å². The zero-order chi connectivity index (χ0) is 11.5. The van der Waals surface area contributed by atoms with E-state index in [0.29, 0.717) is 13.1 Å². The van der Waals surface area contributed by atoms with Crippen molar-refractivity contribution < 1.29 is 14.7 Å². The van der Waals surface area contributed by atoms with Crippen LogP contribution < -0.4 is 0 Å². The standard InChI is InChI=1S/C11H19NO3/c1-11(2,10(14)15)9(13)12-7-5-3-4-6-8-12/h3-8H2,1-2H3,(H,14,15). The molecule has 86 valence electrons. The molecule has 4 nitrogen and oxygen atoms in total. The zero-order valence-corrected chi connectivity index (χ0v) is 9.45. The van der Waals surface area contributed by atoms with Crippen molar-refractivity contribution in [2.75, 3.05) is 13.1 Å².